The number of carbonyl (C=O) groups is 2. The summed E-state index contributed by atoms with van der Waals surface area (Å²) in [7, 11) is 3.92. The fourth-order valence-corrected chi connectivity index (χ4v) is 4.97. The first kappa shape index (κ1) is 27.3. The van der Waals surface area contributed by atoms with Gasteiger partial charge >= 0.3 is 0 Å². The summed E-state index contributed by atoms with van der Waals surface area (Å²) in [4.78, 5) is 30.3. The van der Waals surface area contributed by atoms with Crippen LogP contribution in [0.5, 0.6) is 17.2 Å². The summed E-state index contributed by atoms with van der Waals surface area (Å²) in [6.45, 7) is 9.37. The lowest BCUT2D eigenvalue weighted by Gasteiger charge is -2.26. The molecule has 202 valence electrons. The van der Waals surface area contributed by atoms with Crippen LogP contribution in [0, 0.1) is 0 Å². The van der Waals surface area contributed by atoms with Crippen molar-refractivity contribution in [2.45, 2.75) is 38.8 Å². The second-order valence-electron chi connectivity index (χ2n) is 9.84. The third-order valence-electron chi connectivity index (χ3n) is 6.65. The molecule has 0 unspecified atom stereocenters. The molecule has 0 aromatic heterocycles. The van der Waals surface area contributed by atoms with E-state index in [0.717, 1.165) is 17.9 Å². The van der Waals surface area contributed by atoms with Gasteiger partial charge in [-0.2, -0.15) is 0 Å². The predicted molar refractivity (Wildman–Crippen MR) is 146 cm³/mol. The van der Waals surface area contributed by atoms with Gasteiger partial charge < -0.3 is 29.1 Å². The van der Waals surface area contributed by atoms with Crippen LogP contribution in [0.15, 0.2) is 54.6 Å². The summed E-state index contributed by atoms with van der Waals surface area (Å²) < 4.78 is 17.4. The SMILES string of the molecule is C=CCOc1ccc([C@@H]2/C(=C(\O)c3ccc4c(c3)C[C@@H](C)O4)C(=O)C(=O)N2CCCN(C)C)cc1OCC. The number of ether oxygens (including phenoxy) is 3. The molecule has 4 rings (SSSR count). The largest absolute Gasteiger partial charge is 0.507 e. The van der Waals surface area contributed by atoms with Crippen molar-refractivity contribution in [1.82, 2.24) is 9.80 Å². The van der Waals surface area contributed by atoms with Gasteiger partial charge in [0, 0.05) is 18.5 Å². The molecule has 0 aliphatic carbocycles. The number of ketones is 1. The lowest BCUT2D eigenvalue weighted by Crippen LogP contribution is -2.32. The van der Waals surface area contributed by atoms with E-state index >= 15 is 0 Å². The van der Waals surface area contributed by atoms with Gasteiger partial charge in [-0.1, -0.05) is 18.7 Å². The highest BCUT2D eigenvalue weighted by Gasteiger charge is 2.46. The highest BCUT2D eigenvalue weighted by atomic mass is 16.5. The minimum absolute atomic E-state index is 0.0449. The summed E-state index contributed by atoms with van der Waals surface area (Å²) in [5.41, 5.74) is 2.16. The number of carbonyl (C=O) groups excluding carboxylic acids is 2. The number of fused-ring (bicyclic) bond motifs is 1. The highest BCUT2D eigenvalue weighted by Crippen LogP contribution is 2.43. The first-order chi connectivity index (χ1) is 18.2. The number of Topliss-reactive ketones (excluding diaryl/α,β-unsaturated/α-hetero) is 1. The molecule has 1 amide bonds. The van der Waals surface area contributed by atoms with Gasteiger partial charge in [0.25, 0.3) is 11.7 Å². The van der Waals surface area contributed by atoms with Crippen LogP contribution < -0.4 is 14.2 Å². The third-order valence-corrected chi connectivity index (χ3v) is 6.65. The predicted octanol–water partition coefficient (Wildman–Crippen LogP) is 4.35. The summed E-state index contributed by atoms with van der Waals surface area (Å²) in [6, 6.07) is 9.94. The minimum atomic E-state index is -0.770. The molecule has 0 radical (unpaired) electrons. The number of amides is 1. The van der Waals surface area contributed by atoms with Gasteiger partial charge in [-0.15, -0.1) is 0 Å². The summed E-state index contributed by atoms with van der Waals surface area (Å²) in [5.74, 6) is 0.273. The van der Waals surface area contributed by atoms with Crippen LogP contribution >= 0.6 is 0 Å². The molecule has 1 fully saturated rings. The number of aliphatic hydroxyl groups excluding tert-OH is 1. The highest BCUT2D eigenvalue weighted by molar-refractivity contribution is 6.46. The number of rotatable bonds is 11. The second kappa shape index (κ2) is 11.7. The molecule has 1 N–H and O–H groups in total. The monoisotopic (exact) mass is 520 g/mol. The van der Waals surface area contributed by atoms with E-state index in [4.69, 9.17) is 14.2 Å². The van der Waals surface area contributed by atoms with Crippen molar-refractivity contribution in [1.29, 1.82) is 0 Å². The molecular weight excluding hydrogens is 484 g/mol. The first-order valence-corrected chi connectivity index (χ1v) is 13.0. The topological polar surface area (TPSA) is 88.5 Å². The molecule has 2 aliphatic heterocycles. The average molecular weight is 521 g/mol. The molecule has 2 aromatic rings. The maximum atomic E-state index is 13.4. The molecule has 2 aliphatic rings. The van der Waals surface area contributed by atoms with Crippen molar-refractivity contribution in [2.75, 3.05) is 40.4 Å². The standard InChI is InChI=1S/C30H36N2O6/c1-6-15-37-24-12-9-20(18-25(24)36-7-2)27-26(29(34)30(35)32(27)14-8-13-31(4)5)28(33)21-10-11-23-22(17-21)16-19(3)38-23/h6,9-12,17-19,27,33H,1,7-8,13-16H2,2-5H3/b28-26+/t19-,27-/m1/s1. The zero-order valence-corrected chi connectivity index (χ0v) is 22.5. The number of nitrogens with zero attached hydrogens (tertiary/aromatic N) is 2. The summed E-state index contributed by atoms with van der Waals surface area (Å²) in [6.07, 6.45) is 3.07. The zero-order chi connectivity index (χ0) is 27.4. The van der Waals surface area contributed by atoms with E-state index in [9.17, 15) is 14.7 Å². The maximum Gasteiger partial charge on any atom is 0.295 e. The lowest BCUT2D eigenvalue weighted by molar-refractivity contribution is -0.139. The van der Waals surface area contributed by atoms with Gasteiger partial charge in [0.05, 0.1) is 18.2 Å². The normalized spacial score (nSPS) is 20.0. The Bertz CT molecular complexity index is 1250. The van der Waals surface area contributed by atoms with Crippen molar-refractivity contribution >= 4 is 17.4 Å². The van der Waals surface area contributed by atoms with Crippen LogP contribution in [0.3, 0.4) is 0 Å². The zero-order valence-electron chi connectivity index (χ0n) is 22.5. The molecule has 8 heteroatoms. The minimum Gasteiger partial charge on any atom is -0.507 e. The quantitative estimate of drug-likeness (QED) is 0.204. The lowest BCUT2D eigenvalue weighted by atomic mass is 9.94. The number of benzene rings is 2. The molecule has 0 bridgehead atoms. The fraction of sp³-hybridized carbons (Fsp3) is 0.400. The van der Waals surface area contributed by atoms with Gasteiger partial charge in [-0.3, -0.25) is 9.59 Å². The number of aliphatic hydroxyl groups is 1. The first-order valence-electron chi connectivity index (χ1n) is 13.0. The van der Waals surface area contributed by atoms with E-state index in [0.29, 0.717) is 55.2 Å². The van der Waals surface area contributed by atoms with E-state index in [1.165, 1.54) is 0 Å². The molecule has 2 heterocycles. The summed E-state index contributed by atoms with van der Waals surface area (Å²) in [5, 5.41) is 11.5. The van der Waals surface area contributed by atoms with E-state index in [1.807, 2.05) is 45.0 Å². The van der Waals surface area contributed by atoms with Gasteiger partial charge in [0.1, 0.15) is 24.2 Å². The van der Waals surface area contributed by atoms with E-state index < -0.39 is 17.7 Å². The van der Waals surface area contributed by atoms with Gasteiger partial charge in [-0.25, -0.2) is 0 Å². The van der Waals surface area contributed by atoms with Crippen LogP contribution in [-0.4, -0.2) is 73.1 Å². The molecule has 0 spiro atoms. The van der Waals surface area contributed by atoms with Crippen LogP contribution in [0.4, 0.5) is 0 Å². The second-order valence-corrected chi connectivity index (χ2v) is 9.84. The molecule has 2 atom stereocenters. The molecule has 0 saturated carbocycles. The van der Waals surface area contributed by atoms with Crippen LogP contribution in [-0.2, 0) is 16.0 Å². The maximum absolute atomic E-state index is 13.4. The Morgan fingerprint density at radius 1 is 1.18 bits per heavy atom. The van der Waals surface area contributed by atoms with E-state index in [2.05, 4.69) is 6.58 Å². The Labute approximate surface area is 224 Å². The van der Waals surface area contributed by atoms with E-state index in [1.54, 1.807) is 35.2 Å². The Hall–Kier alpha value is -3.78. The van der Waals surface area contributed by atoms with Crippen molar-refractivity contribution in [3.63, 3.8) is 0 Å². The van der Waals surface area contributed by atoms with Crippen LogP contribution in [0.25, 0.3) is 5.76 Å². The Balaban J connectivity index is 1.81. The van der Waals surface area contributed by atoms with Crippen LogP contribution in [0.2, 0.25) is 0 Å². The Morgan fingerprint density at radius 2 is 1.97 bits per heavy atom. The average Bonchev–Trinajstić information content (AvgIpc) is 3.38. The van der Waals surface area contributed by atoms with Gasteiger partial charge in [-0.05, 0) is 82.4 Å². The molecule has 8 nitrogen and oxygen atoms in total. The molecular formula is C30H36N2O6. The molecule has 1 saturated heterocycles. The number of hydrogen-bond acceptors (Lipinski definition) is 7. The van der Waals surface area contributed by atoms with Gasteiger partial charge in [0.2, 0.25) is 0 Å². The fourth-order valence-electron chi connectivity index (χ4n) is 4.97. The number of likely N-dealkylation sites (tertiary alicyclic amines) is 1. The summed E-state index contributed by atoms with van der Waals surface area (Å²) >= 11 is 0. The third kappa shape index (κ3) is 5.55. The van der Waals surface area contributed by atoms with Crippen molar-refractivity contribution in [3.8, 4) is 17.2 Å². The molecule has 2 aromatic carbocycles. The van der Waals surface area contributed by atoms with Crippen LogP contribution in [0.1, 0.15) is 43.0 Å². The smallest absolute Gasteiger partial charge is 0.295 e. The Morgan fingerprint density at radius 3 is 2.68 bits per heavy atom. The van der Waals surface area contributed by atoms with Crippen molar-refractivity contribution in [2.24, 2.45) is 0 Å². The van der Waals surface area contributed by atoms with Crippen molar-refractivity contribution in [3.05, 3.63) is 71.3 Å². The number of hydrogen-bond donors (Lipinski definition) is 1. The van der Waals surface area contributed by atoms with Crippen molar-refractivity contribution < 1.29 is 28.9 Å². The van der Waals surface area contributed by atoms with E-state index in [-0.39, 0.29) is 17.4 Å². The Kier molecular flexibility index (Phi) is 8.42. The molecule has 38 heavy (non-hydrogen) atoms. The van der Waals surface area contributed by atoms with Gasteiger partial charge in [0.15, 0.2) is 11.5 Å².